The summed E-state index contributed by atoms with van der Waals surface area (Å²) in [6.07, 6.45) is 0. The average molecular weight is 411 g/mol. The molecule has 5 nitrogen and oxygen atoms in total. The minimum Gasteiger partial charge on any atom is -0.322 e. The van der Waals surface area contributed by atoms with Crippen LogP contribution < -0.4 is 10.2 Å². The zero-order valence-corrected chi connectivity index (χ0v) is 15.8. The van der Waals surface area contributed by atoms with Gasteiger partial charge in [-0.3, -0.25) is 14.4 Å². The molecule has 0 spiro atoms. The maximum absolute atomic E-state index is 12.7. The van der Waals surface area contributed by atoms with Crippen LogP contribution >= 0.6 is 23.2 Å². The van der Waals surface area contributed by atoms with Gasteiger partial charge in [-0.25, -0.2) is 4.90 Å². The Kier molecular flexibility index (Phi) is 4.63. The predicted molar refractivity (Wildman–Crippen MR) is 108 cm³/mol. The third-order valence-corrected chi connectivity index (χ3v) is 5.07. The molecule has 3 aromatic carbocycles. The molecule has 0 aromatic heterocycles. The van der Waals surface area contributed by atoms with E-state index in [1.807, 2.05) is 6.07 Å². The van der Waals surface area contributed by atoms with E-state index < -0.39 is 11.8 Å². The van der Waals surface area contributed by atoms with Crippen LogP contribution in [-0.4, -0.2) is 17.7 Å². The lowest BCUT2D eigenvalue weighted by Crippen LogP contribution is -2.29. The van der Waals surface area contributed by atoms with Gasteiger partial charge in [-0.2, -0.15) is 0 Å². The fraction of sp³-hybridized carbons (Fsp3) is 0. The molecule has 4 rings (SSSR count). The van der Waals surface area contributed by atoms with Crippen molar-refractivity contribution in [2.75, 3.05) is 10.2 Å². The van der Waals surface area contributed by atoms with Crippen molar-refractivity contribution >= 4 is 52.3 Å². The lowest BCUT2D eigenvalue weighted by Gasteiger charge is -2.14. The highest BCUT2D eigenvalue weighted by atomic mass is 35.5. The van der Waals surface area contributed by atoms with Gasteiger partial charge in [0.1, 0.15) is 0 Å². The fourth-order valence-electron chi connectivity index (χ4n) is 2.95. The molecule has 1 heterocycles. The third-order valence-electron chi connectivity index (χ3n) is 4.35. The first-order valence-corrected chi connectivity index (χ1v) is 9.05. The van der Waals surface area contributed by atoms with Crippen molar-refractivity contribution < 1.29 is 14.4 Å². The van der Waals surface area contributed by atoms with Crippen molar-refractivity contribution in [2.45, 2.75) is 0 Å². The number of rotatable bonds is 3. The van der Waals surface area contributed by atoms with E-state index in [-0.39, 0.29) is 27.1 Å². The van der Waals surface area contributed by atoms with Crippen molar-refractivity contribution in [1.29, 1.82) is 0 Å². The summed E-state index contributed by atoms with van der Waals surface area (Å²) in [6, 6.07) is 18.0. The van der Waals surface area contributed by atoms with Gasteiger partial charge in [-0.15, -0.1) is 0 Å². The Morgan fingerprint density at radius 2 is 1.32 bits per heavy atom. The summed E-state index contributed by atoms with van der Waals surface area (Å²) in [4.78, 5) is 38.6. The zero-order valence-electron chi connectivity index (χ0n) is 14.3. The fourth-order valence-corrected chi connectivity index (χ4v) is 3.28. The van der Waals surface area contributed by atoms with Crippen LogP contribution in [0.3, 0.4) is 0 Å². The molecule has 138 valence electrons. The SMILES string of the molecule is O=C(Nc1ccc(N2C(=O)c3cc(Cl)c(Cl)cc3C2=O)cc1)c1ccccc1. The molecule has 0 unspecified atom stereocenters. The standard InChI is InChI=1S/C21H12Cl2N2O3/c22-17-10-15-16(11-18(17)23)21(28)25(20(15)27)14-8-6-13(7-9-14)24-19(26)12-4-2-1-3-5-12/h1-11H,(H,24,26). The molecule has 1 N–H and O–H groups in total. The van der Waals surface area contributed by atoms with Crippen LogP contribution in [0.2, 0.25) is 10.0 Å². The molecule has 0 atom stereocenters. The summed E-state index contributed by atoms with van der Waals surface area (Å²) in [5.74, 6) is -1.20. The normalized spacial score (nSPS) is 12.9. The number of benzene rings is 3. The lowest BCUT2D eigenvalue weighted by molar-refractivity contribution is 0.0924. The summed E-state index contributed by atoms with van der Waals surface area (Å²) in [7, 11) is 0. The number of hydrogen-bond acceptors (Lipinski definition) is 3. The van der Waals surface area contributed by atoms with Crippen molar-refractivity contribution in [3.63, 3.8) is 0 Å². The van der Waals surface area contributed by atoms with Gasteiger partial charge in [0.15, 0.2) is 0 Å². The number of nitrogens with zero attached hydrogens (tertiary/aromatic N) is 1. The van der Waals surface area contributed by atoms with Crippen LogP contribution in [0.15, 0.2) is 66.7 Å². The lowest BCUT2D eigenvalue weighted by atomic mass is 10.1. The largest absolute Gasteiger partial charge is 0.322 e. The maximum Gasteiger partial charge on any atom is 0.266 e. The Hall–Kier alpha value is -3.15. The number of anilines is 2. The molecule has 7 heteroatoms. The minimum absolute atomic E-state index is 0.209. The van der Waals surface area contributed by atoms with Gasteiger partial charge in [0, 0.05) is 11.3 Å². The Morgan fingerprint density at radius 1 is 0.786 bits per heavy atom. The minimum atomic E-state index is -0.473. The predicted octanol–water partition coefficient (Wildman–Crippen LogP) is 5.05. The zero-order chi connectivity index (χ0) is 19.8. The van der Waals surface area contributed by atoms with Gasteiger partial charge >= 0.3 is 0 Å². The molecule has 0 saturated carbocycles. The number of carbonyl (C=O) groups is 3. The molecule has 0 aliphatic carbocycles. The summed E-state index contributed by atoms with van der Waals surface area (Å²) < 4.78 is 0. The third kappa shape index (κ3) is 3.15. The first-order valence-electron chi connectivity index (χ1n) is 8.30. The van der Waals surface area contributed by atoms with Gasteiger partial charge in [0.05, 0.1) is 26.9 Å². The Morgan fingerprint density at radius 3 is 1.86 bits per heavy atom. The number of carbonyl (C=O) groups excluding carboxylic acids is 3. The van der Waals surface area contributed by atoms with E-state index in [9.17, 15) is 14.4 Å². The van der Waals surface area contributed by atoms with Crippen molar-refractivity contribution in [3.8, 4) is 0 Å². The van der Waals surface area contributed by atoms with Crippen molar-refractivity contribution in [2.24, 2.45) is 0 Å². The first kappa shape index (κ1) is 18.2. The molecule has 0 fully saturated rings. The highest BCUT2D eigenvalue weighted by Gasteiger charge is 2.37. The summed E-state index contributed by atoms with van der Waals surface area (Å²) in [5, 5.41) is 3.19. The second kappa shape index (κ2) is 7.11. The van der Waals surface area contributed by atoms with Gasteiger partial charge in [-0.05, 0) is 48.5 Å². The van der Waals surface area contributed by atoms with Gasteiger partial charge in [0.25, 0.3) is 17.7 Å². The molecule has 3 amide bonds. The van der Waals surface area contributed by atoms with Gasteiger partial charge in [0.2, 0.25) is 0 Å². The number of hydrogen-bond donors (Lipinski definition) is 1. The van der Waals surface area contributed by atoms with Crippen LogP contribution in [0.4, 0.5) is 11.4 Å². The van der Waals surface area contributed by atoms with E-state index in [1.54, 1.807) is 48.5 Å². The number of nitrogens with one attached hydrogen (secondary N) is 1. The Bertz CT molecular complexity index is 1070. The summed E-state index contributed by atoms with van der Waals surface area (Å²) >= 11 is 11.9. The van der Waals surface area contributed by atoms with E-state index in [2.05, 4.69) is 5.32 Å². The quantitative estimate of drug-likeness (QED) is 0.614. The van der Waals surface area contributed by atoms with Crippen molar-refractivity contribution in [1.82, 2.24) is 0 Å². The highest BCUT2D eigenvalue weighted by molar-refractivity contribution is 6.44. The molecule has 1 aliphatic rings. The Labute approximate surface area is 170 Å². The van der Waals surface area contributed by atoms with Crippen LogP contribution in [-0.2, 0) is 0 Å². The monoisotopic (exact) mass is 410 g/mol. The van der Waals surface area contributed by atoms with E-state index in [4.69, 9.17) is 23.2 Å². The number of imide groups is 1. The van der Waals surface area contributed by atoms with Gasteiger partial charge in [-0.1, -0.05) is 41.4 Å². The number of fused-ring (bicyclic) bond motifs is 1. The van der Waals surface area contributed by atoms with E-state index in [0.717, 1.165) is 4.90 Å². The molecule has 28 heavy (non-hydrogen) atoms. The maximum atomic E-state index is 12.7. The second-order valence-electron chi connectivity index (χ2n) is 6.12. The Balaban J connectivity index is 1.57. The highest BCUT2D eigenvalue weighted by Crippen LogP contribution is 2.34. The van der Waals surface area contributed by atoms with E-state index >= 15 is 0 Å². The molecule has 0 saturated heterocycles. The molecule has 0 bridgehead atoms. The van der Waals surface area contributed by atoms with Gasteiger partial charge < -0.3 is 5.32 Å². The first-order chi connectivity index (χ1) is 13.5. The molecule has 3 aromatic rings. The number of amides is 3. The van der Waals surface area contributed by atoms with Crippen LogP contribution in [0, 0.1) is 0 Å². The van der Waals surface area contributed by atoms with Crippen LogP contribution in [0.1, 0.15) is 31.1 Å². The smallest absolute Gasteiger partial charge is 0.266 e. The van der Waals surface area contributed by atoms with E-state index in [0.29, 0.717) is 16.9 Å². The molecular formula is C21H12Cl2N2O3. The van der Waals surface area contributed by atoms with Crippen molar-refractivity contribution in [3.05, 3.63) is 93.5 Å². The van der Waals surface area contributed by atoms with Crippen LogP contribution in [0.5, 0.6) is 0 Å². The molecular weight excluding hydrogens is 399 g/mol. The van der Waals surface area contributed by atoms with Crippen LogP contribution in [0.25, 0.3) is 0 Å². The van der Waals surface area contributed by atoms with E-state index in [1.165, 1.54) is 12.1 Å². The second-order valence-corrected chi connectivity index (χ2v) is 6.94. The summed E-state index contributed by atoms with van der Waals surface area (Å²) in [6.45, 7) is 0. The topological polar surface area (TPSA) is 66.5 Å². The number of halogens is 2. The average Bonchev–Trinajstić information content (AvgIpc) is 2.94. The molecule has 0 radical (unpaired) electrons. The summed E-state index contributed by atoms with van der Waals surface area (Å²) in [5.41, 5.74) is 1.87. The molecule has 1 aliphatic heterocycles.